The molecule has 0 aromatic heterocycles. The summed E-state index contributed by atoms with van der Waals surface area (Å²) in [6, 6.07) is 13.6. The minimum absolute atomic E-state index is 0.606. The zero-order valence-corrected chi connectivity index (χ0v) is 12.3. The van der Waals surface area contributed by atoms with Gasteiger partial charge in [-0.25, -0.2) is 0 Å². The number of benzene rings is 2. The lowest BCUT2D eigenvalue weighted by atomic mass is 10.1. The normalized spacial score (nSPS) is 10.2. The zero-order chi connectivity index (χ0) is 13.7. The van der Waals surface area contributed by atoms with Crippen LogP contribution in [0, 0.1) is 0 Å². The standard InChI is InChI=1S/C15H16BrNO2/c1-18-12-7-5-11(6-8-12)9-10-19-14-4-2-3-13(17)15(14)16/h2-8H,9-10,17H2,1H3. The molecule has 2 rings (SSSR count). The van der Waals surface area contributed by atoms with E-state index in [1.807, 2.05) is 42.5 Å². The molecule has 0 spiro atoms. The first-order valence-electron chi connectivity index (χ1n) is 6.00. The Morgan fingerprint density at radius 1 is 1.11 bits per heavy atom. The number of methoxy groups -OCH3 is 1. The fourth-order valence-corrected chi connectivity index (χ4v) is 2.09. The Balaban J connectivity index is 1.90. The van der Waals surface area contributed by atoms with Gasteiger partial charge in [-0.3, -0.25) is 0 Å². The quantitative estimate of drug-likeness (QED) is 0.855. The van der Waals surface area contributed by atoms with Gasteiger partial charge < -0.3 is 15.2 Å². The van der Waals surface area contributed by atoms with Crippen molar-refractivity contribution >= 4 is 21.6 Å². The highest BCUT2D eigenvalue weighted by molar-refractivity contribution is 9.10. The van der Waals surface area contributed by atoms with E-state index >= 15 is 0 Å². The summed E-state index contributed by atoms with van der Waals surface area (Å²) in [7, 11) is 1.66. The number of nitrogens with two attached hydrogens (primary N) is 1. The van der Waals surface area contributed by atoms with Crippen molar-refractivity contribution in [1.82, 2.24) is 0 Å². The molecule has 2 N–H and O–H groups in total. The van der Waals surface area contributed by atoms with Gasteiger partial charge in [0.05, 0.1) is 18.2 Å². The summed E-state index contributed by atoms with van der Waals surface area (Å²) in [6.45, 7) is 0.606. The molecule has 2 aromatic carbocycles. The molecule has 0 aliphatic heterocycles. The third-order valence-electron chi connectivity index (χ3n) is 2.80. The Labute approximate surface area is 121 Å². The third kappa shape index (κ3) is 3.64. The lowest BCUT2D eigenvalue weighted by molar-refractivity contribution is 0.320. The Morgan fingerprint density at radius 3 is 2.53 bits per heavy atom. The van der Waals surface area contributed by atoms with E-state index in [0.717, 1.165) is 22.4 Å². The highest BCUT2D eigenvalue weighted by Gasteiger charge is 2.04. The summed E-state index contributed by atoms with van der Waals surface area (Å²) in [5.74, 6) is 1.64. The van der Waals surface area contributed by atoms with E-state index in [1.165, 1.54) is 5.56 Å². The minimum atomic E-state index is 0.606. The second kappa shape index (κ2) is 6.48. The molecule has 0 saturated carbocycles. The van der Waals surface area contributed by atoms with Gasteiger partial charge in [-0.1, -0.05) is 18.2 Å². The van der Waals surface area contributed by atoms with Crippen LogP contribution in [0.5, 0.6) is 11.5 Å². The summed E-state index contributed by atoms with van der Waals surface area (Å²) in [6.07, 6.45) is 0.839. The van der Waals surface area contributed by atoms with E-state index in [0.29, 0.717) is 12.3 Å². The smallest absolute Gasteiger partial charge is 0.135 e. The number of nitrogen functional groups attached to an aromatic ring is 1. The maximum atomic E-state index is 5.79. The lowest BCUT2D eigenvalue weighted by Gasteiger charge is -2.09. The van der Waals surface area contributed by atoms with Crippen molar-refractivity contribution in [3.63, 3.8) is 0 Å². The van der Waals surface area contributed by atoms with Crippen LogP contribution < -0.4 is 15.2 Å². The number of halogens is 1. The Bertz CT molecular complexity index is 540. The van der Waals surface area contributed by atoms with Crippen LogP contribution in [0.3, 0.4) is 0 Å². The Morgan fingerprint density at radius 2 is 1.84 bits per heavy atom. The number of ether oxygens (including phenoxy) is 2. The molecule has 0 unspecified atom stereocenters. The maximum Gasteiger partial charge on any atom is 0.135 e. The first-order valence-corrected chi connectivity index (χ1v) is 6.79. The molecule has 0 radical (unpaired) electrons. The number of rotatable bonds is 5. The molecule has 19 heavy (non-hydrogen) atoms. The molecule has 0 fully saturated rings. The topological polar surface area (TPSA) is 44.5 Å². The SMILES string of the molecule is COc1ccc(CCOc2cccc(N)c2Br)cc1. The van der Waals surface area contributed by atoms with Gasteiger partial charge in [0.15, 0.2) is 0 Å². The molecule has 0 saturated heterocycles. The van der Waals surface area contributed by atoms with E-state index in [1.54, 1.807) is 7.11 Å². The summed E-state index contributed by atoms with van der Waals surface area (Å²) in [5.41, 5.74) is 7.69. The molecule has 0 bridgehead atoms. The Kier molecular flexibility index (Phi) is 4.68. The second-order valence-electron chi connectivity index (χ2n) is 4.11. The molecule has 0 amide bonds. The summed E-state index contributed by atoms with van der Waals surface area (Å²) in [5, 5.41) is 0. The van der Waals surface area contributed by atoms with Crippen LogP contribution in [0.15, 0.2) is 46.9 Å². The molecule has 0 atom stereocenters. The fraction of sp³-hybridized carbons (Fsp3) is 0.200. The van der Waals surface area contributed by atoms with Crippen molar-refractivity contribution in [2.24, 2.45) is 0 Å². The average molecular weight is 322 g/mol. The third-order valence-corrected chi connectivity index (χ3v) is 3.65. The van der Waals surface area contributed by atoms with Crippen LogP contribution in [0.2, 0.25) is 0 Å². The monoisotopic (exact) mass is 321 g/mol. The zero-order valence-electron chi connectivity index (χ0n) is 10.7. The fourth-order valence-electron chi connectivity index (χ4n) is 1.71. The van der Waals surface area contributed by atoms with Crippen LogP contribution in [-0.4, -0.2) is 13.7 Å². The maximum absolute atomic E-state index is 5.79. The first kappa shape index (κ1) is 13.7. The number of hydrogen-bond donors (Lipinski definition) is 1. The van der Waals surface area contributed by atoms with Gasteiger partial charge in [0, 0.05) is 12.1 Å². The minimum Gasteiger partial charge on any atom is -0.497 e. The number of hydrogen-bond acceptors (Lipinski definition) is 3. The first-order chi connectivity index (χ1) is 9.20. The summed E-state index contributed by atoms with van der Waals surface area (Å²) < 4.78 is 11.7. The molecule has 4 heteroatoms. The van der Waals surface area contributed by atoms with Crippen LogP contribution in [-0.2, 0) is 6.42 Å². The molecule has 0 aliphatic rings. The van der Waals surface area contributed by atoms with E-state index in [-0.39, 0.29) is 0 Å². The van der Waals surface area contributed by atoms with Crippen LogP contribution >= 0.6 is 15.9 Å². The number of anilines is 1. The van der Waals surface area contributed by atoms with Gasteiger partial charge in [-0.05, 0) is 45.8 Å². The molecule has 2 aromatic rings. The molecule has 100 valence electrons. The van der Waals surface area contributed by atoms with Gasteiger partial charge in [0.25, 0.3) is 0 Å². The van der Waals surface area contributed by atoms with Gasteiger partial charge in [-0.15, -0.1) is 0 Å². The molecular weight excluding hydrogens is 306 g/mol. The van der Waals surface area contributed by atoms with Gasteiger partial charge >= 0.3 is 0 Å². The lowest BCUT2D eigenvalue weighted by Crippen LogP contribution is -2.02. The van der Waals surface area contributed by atoms with Crippen LogP contribution in [0.4, 0.5) is 5.69 Å². The molecule has 0 heterocycles. The predicted octanol–water partition coefficient (Wildman–Crippen LogP) is 3.66. The Hall–Kier alpha value is -1.68. The molecule has 3 nitrogen and oxygen atoms in total. The van der Waals surface area contributed by atoms with Gasteiger partial charge in [-0.2, -0.15) is 0 Å². The predicted molar refractivity (Wildman–Crippen MR) is 80.7 cm³/mol. The highest BCUT2D eigenvalue weighted by Crippen LogP contribution is 2.30. The van der Waals surface area contributed by atoms with Crippen molar-refractivity contribution in [3.8, 4) is 11.5 Å². The van der Waals surface area contributed by atoms with Crippen LogP contribution in [0.25, 0.3) is 0 Å². The van der Waals surface area contributed by atoms with E-state index in [4.69, 9.17) is 15.2 Å². The highest BCUT2D eigenvalue weighted by atomic mass is 79.9. The van der Waals surface area contributed by atoms with Crippen molar-refractivity contribution in [2.45, 2.75) is 6.42 Å². The van der Waals surface area contributed by atoms with Crippen molar-refractivity contribution < 1.29 is 9.47 Å². The summed E-state index contributed by atoms with van der Waals surface area (Å²) >= 11 is 3.42. The molecule has 0 aliphatic carbocycles. The summed E-state index contributed by atoms with van der Waals surface area (Å²) in [4.78, 5) is 0. The van der Waals surface area contributed by atoms with Crippen molar-refractivity contribution in [3.05, 3.63) is 52.5 Å². The van der Waals surface area contributed by atoms with Gasteiger partial charge in [0.1, 0.15) is 11.5 Å². The largest absolute Gasteiger partial charge is 0.497 e. The van der Waals surface area contributed by atoms with Crippen molar-refractivity contribution in [1.29, 1.82) is 0 Å². The average Bonchev–Trinajstić information content (AvgIpc) is 2.44. The van der Waals surface area contributed by atoms with Crippen LogP contribution in [0.1, 0.15) is 5.56 Å². The van der Waals surface area contributed by atoms with E-state index < -0.39 is 0 Å². The molecular formula is C15H16BrNO2. The second-order valence-corrected chi connectivity index (χ2v) is 4.90. The van der Waals surface area contributed by atoms with Gasteiger partial charge in [0.2, 0.25) is 0 Å². The van der Waals surface area contributed by atoms with Crippen molar-refractivity contribution in [2.75, 3.05) is 19.5 Å². The van der Waals surface area contributed by atoms with E-state index in [9.17, 15) is 0 Å². The van der Waals surface area contributed by atoms with E-state index in [2.05, 4.69) is 15.9 Å².